The van der Waals surface area contributed by atoms with Gasteiger partial charge in [-0.15, -0.1) is 11.3 Å². The van der Waals surface area contributed by atoms with Gasteiger partial charge in [0.2, 0.25) is 5.91 Å². The lowest BCUT2D eigenvalue weighted by atomic mass is 10.1. The standard InChI is InChI=1S/C24H30N2OS/c1-3-4-7-14-26(24(27)17-23-13-9-16-28-23)19-22-12-8-15-25(22)18-21-11-6-5-10-20(21)2/h5-6,8-13,15-16H,3-4,7,14,17-19H2,1-2H3. The molecular weight excluding hydrogens is 364 g/mol. The highest BCUT2D eigenvalue weighted by Crippen LogP contribution is 2.16. The monoisotopic (exact) mass is 394 g/mol. The molecule has 3 rings (SSSR count). The lowest BCUT2D eigenvalue weighted by Gasteiger charge is -2.24. The first-order valence-electron chi connectivity index (χ1n) is 10.2. The largest absolute Gasteiger partial charge is 0.345 e. The molecule has 0 unspecified atom stereocenters. The van der Waals surface area contributed by atoms with Gasteiger partial charge in [0.15, 0.2) is 0 Å². The van der Waals surface area contributed by atoms with Crippen molar-refractivity contribution >= 4 is 17.2 Å². The summed E-state index contributed by atoms with van der Waals surface area (Å²) in [6.45, 7) is 6.70. The average Bonchev–Trinajstić information content (AvgIpc) is 3.35. The van der Waals surface area contributed by atoms with Crippen molar-refractivity contribution in [3.8, 4) is 0 Å². The van der Waals surface area contributed by atoms with Gasteiger partial charge in [-0.3, -0.25) is 4.79 Å². The number of hydrogen-bond donors (Lipinski definition) is 0. The molecule has 2 aromatic heterocycles. The van der Waals surface area contributed by atoms with E-state index in [0.717, 1.165) is 37.2 Å². The Morgan fingerprint density at radius 1 is 1.07 bits per heavy atom. The summed E-state index contributed by atoms with van der Waals surface area (Å²) in [5.74, 6) is 0.224. The smallest absolute Gasteiger partial charge is 0.228 e. The molecule has 0 saturated heterocycles. The molecule has 28 heavy (non-hydrogen) atoms. The molecule has 4 heteroatoms. The van der Waals surface area contributed by atoms with E-state index in [4.69, 9.17) is 0 Å². The Labute approximate surface area is 172 Å². The van der Waals surface area contributed by atoms with Gasteiger partial charge in [-0.1, -0.05) is 50.1 Å². The summed E-state index contributed by atoms with van der Waals surface area (Å²) < 4.78 is 2.27. The molecular formula is C24H30N2OS. The van der Waals surface area contributed by atoms with E-state index in [9.17, 15) is 4.79 Å². The maximum absolute atomic E-state index is 13.0. The summed E-state index contributed by atoms with van der Waals surface area (Å²) >= 11 is 1.66. The number of amides is 1. The summed E-state index contributed by atoms with van der Waals surface area (Å²) in [5, 5.41) is 2.04. The Morgan fingerprint density at radius 3 is 2.68 bits per heavy atom. The molecule has 3 nitrogen and oxygen atoms in total. The van der Waals surface area contributed by atoms with Crippen LogP contribution in [0.1, 0.15) is 47.9 Å². The predicted molar refractivity (Wildman–Crippen MR) is 118 cm³/mol. The van der Waals surface area contributed by atoms with Gasteiger partial charge in [0, 0.05) is 29.9 Å². The molecule has 0 radical (unpaired) electrons. The highest BCUT2D eigenvalue weighted by molar-refractivity contribution is 7.10. The van der Waals surface area contributed by atoms with Gasteiger partial charge in [0.05, 0.1) is 13.0 Å². The quantitative estimate of drug-likeness (QED) is 0.407. The van der Waals surface area contributed by atoms with E-state index in [1.807, 2.05) is 22.4 Å². The predicted octanol–water partition coefficient (Wildman–Crippen LogP) is 5.67. The molecule has 1 aromatic carbocycles. The van der Waals surface area contributed by atoms with Crippen LogP contribution in [0.25, 0.3) is 0 Å². The number of benzene rings is 1. The van der Waals surface area contributed by atoms with Gasteiger partial charge >= 0.3 is 0 Å². The SMILES string of the molecule is CCCCCN(Cc1cccn1Cc1ccccc1C)C(=O)Cc1cccs1. The fourth-order valence-corrected chi connectivity index (χ4v) is 4.13. The second kappa shape index (κ2) is 10.3. The second-order valence-corrected chi connectivity index (χ2v) is 8.36. The van der Waals surface area contributed by atoms with E-state index in [0.29, 0.717) is 13.0 Å². The van der Waals surface area contributed by atoms with Gasteiger partial charge in [0.1, 0.15) is 0 Å². The van der Waals surface area contributed by atoms with Crippen molar-refractivity contribution in [3.63, 3.8) is 0 Å². The van der Waals surface area contributed by atoms with Crippen LogP contribution < -0.4 is 0 Å². The van der Waals surface area contributed by atoms with Crippen molar-refractivity contribution in [3.05, 3.63) is 81.8 Å². The lowest BCUT2D eigenvalue weighted by Crippen LogP contribution is -2.33. The molecule has 0 atom stereocenters. The summed E-state index contributed by atoms with van der Waals surface area (Å²) in [4.78, 5) is 16.2. The summed E-state index contributed by atoms with van der Waals surface area (Å²) in [6.07, 6.45) is 6.01. The third-order valence-electron chi connectivity index (χ3n) is 5.17. The fourth-order valence-electron chi connectivity index (χ4n) is 3.43. The first-order chi connectivity index (χ1) is 13.7. The van der Waals surface area contributed by atoms with Gasteiger partial charge < -0.3 is 9.47 Å². The Kier molecular flexibility index (Phi) is 7.49. The zero-order valence-electron chi connectivity index (χ0n) is 16.9. The van der Waals surface area contributed by atoms with Gasteiger partial charge in [-0.05, 0) is 48.1 Å². The first kappa shape index (κ1) is 20.4. The number of aromatic nitrogens is 1. The van der Waals surface area contributed by atoms with E-state index < -0.39 is 0 Å². The topological polar surface area (TPSA) is 25.2 Å². The number of nitrogens with zero attached hydrogens (tertiary/aromatic N) is 2. The lowest BCUT2D eigenvalue weighted by molar-refractivity contribution is -0.131. The average molecular weight is 395 g/mol. The molecule has 2 heterocycles. The molecule has 1 amide bonds. The Morgan fingerprint density at radius 2 is 1.93 bits per heavy atom. The minimum atomic E-state index is 0.224. The molecule has 0 aliphatic rings. The maximum atomic E-state index is 13.0. The van der Waals surface area contributed by atoms with Crippen LogP contribution in [-0.4, -0.2) is 21.9 Å². The van der Waals surface area contributed by atoms with Crippen LogP contribution in [0.2, 0.25) is 0 Å². The van der Waals surface area contributed by atoms with Crippen molar-refractivity contribution in [1.82, 2.24) is 9.47 Å². The van der Waals surface area contributed by atoms with E-state index in [1.165, 1.54) is 16.8 Å². The second-order valence-electron chi connectivity index (χ2n) is 7.33. The Bertz CT molecular complexity index is 866. The third-order valence-corrected chi connectivity index (χ3v) is 6.04. The number of unbranched alkanes of at least 4 members (excludes halogenated alkanes) is 2. The van der Waals surface area contributed by atoms with Crippen LogP contribution in [-0.2, 0) is 24.3 Å². The van der Waals surface area contributed by atoms with Crippen LogP contribution in [0.4, 0.5) is 0 Å². The van der Waals surface area contributed by atoms with Crippen LogP contribution in [0, 0.1) is 6.92 Å². The highest BCUT2D eigenvalue weighted by Gasteiger charge is 2.16. The fraction of sp³-hybridized carbons (Fsp3) is 0.375. The Balaban J connectivity index is 1.72. The zero-order valence-corrected chi connectivity index (χ0v) is 17.8. The number of hydrogen-bond acceptors (Lipinski definition) is 2. The number of rotatable bonds is 10. The van der Waals surface area contributed by atoms with Gasteiger partial charge in [0.25, 0.3) is 0 Å². The van der Waals surface area contributed by atoms with E-state index >= 15 is 0 Å². The molecule has 0 bridgehead atoms. The zero-order chi connectivity index (χ0) is 19.8. The molecule has 0 N–H and O–H groups in total. The van der Waals surface area contributed by atoms with Crippen LogP contribution in [0.15, 0.2) is 60.1 Å². The third kappa shape index (κ3) is 5.59. The first-order valence-corrected chi connectivity index (χ1v) is 11.0. The highest BCUT2D eigenvalue weighted by atomic mass is 32.1. The van der Waals surface area contributed by atoms with E-state index in [-0.39, 0.29) is 5.91 Å². The van der Waals surface area contributed by atoms with Crippen molar-refractivity contribution < 1.29 is 4.79 Å². The summed E-state index contributed by atoms with van der Waals surface area (Å²) in [5.41, 5.74) is 3.82. The molecule has 0 aliphatic carbocycles. The van der Waals surface area contributed by atoms with Gasteiger partial charge in [-0.2, -0.15) is 0 Å². The van der Waals surface area contributed by atoms with E-state index in [2.05, 4.69) is 61.0 Å². The van der Waals surface area contributed by atoms with Crippen molar-refractivity contribution in [1.29, 1.82) is 0 Å². The van der Waals surface area contributed by atoms with Crippen molar-refractivity contribution in [2.24, 2.45) is 0 Å². The van der Waals surface area contributed by atoms with Crippen LogP contribution in [0.3, 0.4) is 0 Å². The number of carbonyl (C=O) groups is 1. The molecule has 148 valence electrons. The van der Waals surface area contributed by atoms with E-state index in [1.54, 1.807) is 11.3 Å². The molecule has 0 saturated carbocycles. The summed E-state index contributed by atoms with van der Waals surface area (Å²) in [6, 6.07) is 16.8. The van der Waals surface area contributed by atoms with Crippen molar-refractivity contribution in [2.45, 2.75) is 52.6 Å². The van der Waals surface area contributed by atoms with Crippen LogP contribution in [0.5, 0.6) is 0 Å². The maximum Gasteiger partial charge on any atom is 0.228 e. The number of carbonyl (C=O) groups excluding carboxylic acids is 1. The molecule has 0 spiro atoms. The number of thiophene rings is 1. The normalized spacial score (nSPS) is 10.9. The van der Waals surface area contributed by atoms with Gasteiger partial charge in [-0.25, -0.2) is 0 Å². The minimum Gasteiger partial charge on any atom is -0.345 e. The summed E-state index contributed by atoms with van der Waals surface area (Å²) in [7, 11) is 0. The Hall–Kier alpha value is -2.33. The van der Waals surface area contributed by atoms with Crippen molar-refractivity contribution in [2.75, 3.05) is 6.54 Å². The molecule has 3 aromatic rings. The number of aryl methyl sites for hydroxylation is 1. The van der Waals surface area contributed by atoms with Crippen LogP contribution >= 0.6 is 11.3 Å². The minimum absolute atomic E-state index is 0.224. The molecule has 0 aliphatic heterocycles. The molecule has 0 fully saturated rings.